The number of carbonyl (C=O) groups excluding carboxylic acids is 2. The smallest absolute Gasteiger partial charge is 0.196 e. The molecule has 5 aromatic rings. The van der Waals surface area contributed by atoms with Gasteiger partial charge >= 0.3 is 0 Å². The molecule has 3 nitrogen and oxygen atoms in total. The first kappa shape index (κ1) is 19.9. The van der Waals surface area contributed by atoms with E-state index in [1.165, 1.54) is 11.3 Å². The molecule has 0 aliphatic heterocycles. The minimum atomic E-state index is 0.0165. The summed E-state index contributed by atoms with van der Waals surface area (Å²) in [5.41, 5.74) is 5.72. The van der Waals surface area contributed by atoms with Gasteiger partial charge in [0.05, 0.1) is 14.6 Å². The quantitative estimate of drug-likeness (QED) is 0.243. The number of nitrogens with zero attached hydrogens (tertiary/aromatic N) is 1. The summed E-state index contributed by atoms with van der Waals surface area (Å²) in [5, 5.41) is 0. The summed E-state index contributed by atoms with van der Waals surface area (Å²) in [4.78, 5) is 29.7. The second kappa shape index (κ2) is 7.96. The van der Waals surface area contributed by atoms with Gasteiger partial charge in [0, 0.05) is 33.1 Å². The number of rotatable bonds is 5. The summed E-state index contributed by atoms with van der Waals surface area (Å²) < 4.78 is 0. The van der Waals surface area contributed by atoms with Crippen molar-refractivity contribution >= 4 is 51.8 Å². The number of para-hydroxylation sites is 2. The van der Waals surface area contributed by atoms with E-state index in [-0.39, 0.29) is 5.78 Å². The van der Waals surface area contributed by atoms with Crippen molar-refractivity contribution in [2.45, 2.75) is 0 Å². The summed E-state index contributed by atoms with van der Waals surface area (Å²) in [7, 11) is 0. The maximum Gasteiger partial charge on any atom is 0.196 e. The van der Waals surface area contributed by atoms with Crippen LogP contribution in [0.3, 0.4) is 0 Å². The lowest BCUT2D eigenvalue weighted by Crippen LogP contribution is -2.09. The molecule has 5 heteroatoms. The van der Waals surface area contributed by atoms with Gasteiger partial charge in [0.2, 0.25) is 0 Å². The molecule has 1 aliphatic carbocycles. The molecule has 0 spiro atoms. The number of hydrogen-bond acceptors (Lipinski definition) is 5. The topological polar surface area (TPSA) is 37.4 Å². The highest BCUT2D eigenvalue weighted by Gasteiger charge is 2.32. The van der Waals surface area contributed by atoms with Crippen LogP contribution >= 0.6 is 22.7 Å². The van der Waals surface area contributed by atoms with Crippen LogP contribution in [0, 0.1) is 0 Å². The lowest BCUT2D eigenvalue weighted by Gasteiger charge is -2.25. The lowest BCUT2D eigenvalue weighted by atomic mass is 10.1. The van der Waals surface area contributed by atoms with Crippen molar-refractivity contribution in [3.63, 3.8) is 0 Å². The molecule has 0 fully saturated rings. The molecule has 0 saturated carbocycles. The van der Waals surface area contributed by atoms with Crippen LogP contribution in [0.4, 0.5) is 17.1 Å². The van der Waals surface area contributed by atoms with Crippen LogP contribution in [0.25, 0.3) is 20.2 Å². The normalized spacial score (nSPS) is 11.8. The second-order valence-electron chi connectivity index (χ2n) is 7.75. The van der Waals surface area contributed by atoms with Gasteiger partial charge in [0.15, 0.2) is 12.1 Å². The molecule has 0 bridgehead atoms. The minimum absolute atomic E-state index is 0.0165. The third-order valence-corrected chi connectivity index (χ3v) is 8.14. The Balaban J connectivity index is 1.37. The summed E-state index contributed by atoms with van der Waals surface area (Å²) in [6, 6.07) is 32.7. The molecule has 0 radical (unpaired) electrons. The zero-order chi connectivity index (χ0) is 22.4. The maximum absolute atomic E-state index is 12.8. The number of anilines is 3. The summed E-state index contributed by atoms with van der Waals surface area (Å²) in [6.07, 6.45) is 0.814. The molecule has 0 saturated heterocycles. The van der Waals surface area contributed by atoms with Gasteiger partial charge in [-0.3, -0.25) is 9.59 Å². The first-order valence-electron chi connectivity index (χ1n) is 10.5. The van der Waals surface area contributed by atoms with Gasteiger partial charge in [-0.25, -0.2) is 0 Å². The van der Waals surface area contributed by atoms with Gasteiger partial charge in [-0.15, -0.1) is 22.7 Å². The number of benzene rings is 3. The first-order chi connectivity index (χ1) is 16.2. The number of thiophene rings is 2. The molecule has 33 heavy (non-hydrogen) atoms. The predicted molar refractivity (Wildman–Crippen MR) is 137 cm³/mol. The molecule has 0 atom stereocenters. The summed E-state index contributed by atoms with van der Waals surface area (Å²) >= 11 is 3.01. The average molecular weight is 464 g/mol. The van der Waals surface area contributed by atoms with Crippen molar-refractivity contribution in [2.75, 3.05) is 4.90 Å². The van der Waals surface area contributed by atoms with Crippen LogP contribution in [0.15, 0.2) is 97.1 Å². The van der Waals surface area contributed by atoms with E-state index in [1.54, 1.807) is 17.4 Å². The molecule has 0 N–H and O–H groups in total. The Labute approximate surface area is 199 Å². The van der Waals surface area contributed by atoms with Crippen molar-refractivity contribution in [1.29, 1.82) is 0 Å². The highest BCUT2D eigenvalue weighted by Crippen LogP contribution is 2.49. The van der Waals surface area contributed by atoms with Gasteiger partial charge in [-0.05, 0) is 54.1 Å². The number of aldehydes is 1. The molecule has 0 unspecified atom stereocenters. The van der Waals surface area contributed by atoms with Gasteiger partial charge in [-0.2, -0.15) is 0 Å². The number of ketones is 1. The Morgan fingerprint density at radius 1 is 0.636 bits per heavy atom. The molecule has 1 aliphatic rings. The molecule has 0 amide bonds. The van der Waals surface area contributed by atoms with Crippen LogP contribution in [0.2, 0.25) is 0 Å². The second-order valence-corrected chi connectivity index (χ2v) is 9.88. The van der Waals surface area contributed by atoms with E-state index in [9.17, 15) is 9.59 Å². The molecular weight excluding hydrogens is 446 g/mol. The molecule has 6 rings (SSSR count). The van der Waals surface area contributed by atoms with Crippen LogP contribution in [-0.2, 0) is 0 Å². The van der Waals surface area contributed by atoms with Crippen LogP contribution < -0.4 is 4.90 Å². The third kappa shape index (κ3) is 3.33. The van der Waals surface area contributed by atoms with E-state index < -0.39 is 0 Å². The van der Waals surface area contributed by atoms with Crippen molar-refractivity contribution < 1.29 is 9.59 Å². The molecule has 3 aromatic carbocycles. The minimum Gasteiger partial charge on any atom is -0.311 e. The highest BCUT2D eigenvalue weighted by molar-refractivity contribution is 7.25. The lowest BCUT2D eigenvalue weighted by molar-refractivity contribution is 0.104. The van der Waals surface area contributed by atoms with Crippen LogP contribution in [0.5, 0.6) is 0 Å². The van der Waals surface area contributed by atoms with Crippen molar-refractivity contribution in [1.82, 2.24) is 0 Å². The molecule has 2 aromatic heterocycles. The Bertz CT molecular complexity index is 1440. The predicted octanol–water partition coefficient (Wildman–Crippen LogP) is 7.97. The molecular formula is C28H17NO2S2. The fourth-order valence-corrected chi connectivity index (χ4v) is 6.49. The zero-order valence-electron chi connectivity index (χ0n) is 17.4. The number of carbonyl (C=O) groups is 2. The first-order valence-corrected chi connectivity index (χ1v) is 12.1. The van der Waals surface area contributed by atoms with Crippen molar-refractivity contribution in [3.05, 3.63) is 113 Å². The van der Waals surface area contributed by atoms with E-state index in [2.05, 4.69) is 53.4 Å². The van der Waals surface area contributed by atoms with E-state index in [0.29, 0.717) is 10.4 Å². The monoisotopic (exact) mass is 463 g/mol. The van der Waals surface area contributed by atoms with E-state index in [4.69, 9.17) is 0 Å². The fourth-order valence-electron chi connectivity index (χ4n) is 4.20. The standard InChI is InChI=1S/C28H17NO2S2/c30-17-22-15-23-26(31)24-16-25(33-28(24)27(23)32-22)18-11-13-21(14-12-18)29(19-7-3-1-4-8-19)20-9-5-2-6-10-20/h1-17H. The number of fused-ring (bicyclic) bond motifs is 3. The maximum atomic E-state index is 12.8. The Kier molecular flexibility index (Phi) is 4.79. The van der Waals surface area contributed by atoms with Gasteiger partial charge < -0.3 is 4.90 Å². The number of hydrogen-bond donors (Lipinski definition) is 0. The van der Waals surface area contributed by atoms with E-state index >= 15 is 0 Å². The van der Waals surface area contributed by atoms with Crippen LogP contribution in [-0.4, -0.2) is 12.1 Å². The average Bonchev–Trinajstić information content (AvgIpc) is 3.55. The Morgan fingerprint density at radius 3 is 1.79 bits per heavy atom. The van der Waals surface area contributed by atoms with Gasteiger partial charge in [0.25, 0.3) is 0 Å². The molecule has 158 valence electrons. The van der Waals surface area contributed by atoms with Crippen molar-refractivity contribution in [3.8, 4) is 20.2 Å². The third-order valence-electron chi connectivity index (χ3n) is 5.73. The van der Waals surface area contributed by atoms with Gasteiger partial charge in [-0.1, -0.05) is 48.5 Å². The highest BCUT2D eigenvalue weighted by atomic mass is 32.1. The van der Waals surface area contributed by atoms with E-state index in [0.717, 1.165) is 49.1 Å². The SMILES string of the molecule is O=Cc1cc2c(s1)-c1sc(-c3ccc(N(c4ccccc4)c4ccccc4)cc3)cc1C2=O. The van der Waals surface area contributed by atoms with Gasteiger partial charge in [0.1, 0.15) is 0 Å². The largest absolute Gasteiger partial charge is 0.311 e. The fraction of sp³-hybridized carbons (Fsp3) is 0. The van der Waals surface area contributed by atoms with E-state index in [1.807, 2.05) is 42.5 Å². The molecule has 2 heterocycles. The van der Waals surface area contributed by atoms with Crippen LogP contribution in [0.1, 0.15) is 25.6 Å². The Hall–Kier alpha value is -3.80. The van der Waals surface area contributed by atoms with Crippen molar-refractivity contribution in [2.24, 2.45) is 0 Å². The summed E-state index contributed by atoms with van der Waals surface area (Å²) in [6.45, 7) is 0. The summed E-state index contributed by atoms with van der Waals surface area (Å²) in [5.74, 6) is 0.0165. The zero-order valence-corrected chi connectivity index (χ0v) is 19.0. The Morgan fingerprint density at radius 2 is 1.18 bits per heavy atom.